The minimum atomic E-state index is -3.22. The molecular weight excluding hydrogens is 306 g/mol. The average Bonchev–Trinajstić information content (AvgIpc) is 3.08. The number of piperidine rings is 1. The molecule has 0 unspecified atom stereocenters. The summed E-state index contributed by atoms with van der Waals surface area (Å²) in [6.07, 6.45) is 4.76. The van der Waals surface area contributed by atoms with Crippen LogP contribution >= 0.6 is 11.3 Å². The molecule has 3 heterocycles. The van der Waals surface area contributed by atoms with Crippen molar-refractivity contribution in [3.05, 3.63) is 34.3 Å². The zero-order valence-corrected chi connectivity index (χ0v) is 13.6. The van der Waals surface area contributed by atoms with Crippen LogP contribution in [0.3, 0.4) is 0 Å². The highest BCUT2D eigenvalue weighted by atomic mass is 32.2. The van der Waals surface area contributed by atoms with Crippen molar-refractivity contribution in [1.82, 2.24) is 15.1 Å². The van der Waals surface area contributed by atoms with Crippen LogP contribution in [0, 0.1) is 0 Å². The Bertz CT molecular complexity index is 692. The van der Waals surface area contributed by atoms with Gasteiger partial charge < -0.3 is 0 Å². The zero-order valence-electron chi connectivity index (χ0n) is 11.9. The lowest BCUT2D eigenvalue weighted by Gasteiger charge is -2.32. The number of nitrogens with zero attached hydrogens (tertiary/aromatic N) is 2. The molecule has 3 rings (SSSR count). The number of likely N-dealkylation sites (tertiary alicyclic amines) is 1. The van der Waals surface area contributed by atoms with Crippen molar-refractivity contribution in [1.29, 1.82) is 0 Å². The number of rotatable bonds is 4. The van der Waals surface area contributed by atoms with Gasteiger partial charge in [-0.2, -0.15) is 16.4 Å². The lowest BCUT2D eigenvalue weighted by molar-refractivity contribution is 0.197. The summed E-state index contributed by atoms with van der Waals surface area (Å²) in [5.41, 5.74) is 2.10. The van der Waals surface area contributed by atoms with Crippen LogP contribution in [0.2, 0.25) is 0 Å². The van der Waals surface area contributed by atoms with Crippen LogP contribution < -0.4 is 0 Å². The monoisotopic (exact) mass is 325 g/mol. The molecule has 0 bridgehead atoms. The average molecular weight is 325 g/mol. The van der Waals surface area contributed by atoms with Gasteiger partial charge in [0.15, 0.2) is 9.84 Å². The van der Waals surface area contributed by atoms with Gasteiger partial charge in [-0.25, -0.2) is 8.42 Å². The molecule has 1 fully saturated rings. The summed E-state index contributed by atoms with van der Waals surface area (Å²) in [5, 5.41) is 11.1. The number of hydrogen-bond acceptors (Lipinski definition) is 5. The van der Waals surface area contributed by atoms with Crippen LogP contribution in [0.1, 0.15) is 30.0 Å². The quantitative estimate of drug-likeness (QED) is 0.936. The first-order chi connectivity index (χ1) is 10.0. The molecule has 0 spiro atoms. The maximum absolute atomic E-state index is 11.8. The molecule has 21 heavy (non-hydrogen) atoms. The predicted octanol–water partition coefficient (Wildman–Crippen LogP) is 2.25. The molecule has 1 N–H and O–H groups in total. The zero-order chi connectivity index (χ0) is 14.9. The Morgan fingerprint density at radius 2 is 2.38 bits per heavy atom. The van der Waals surface area contributed by atoms with Gasteiger partial charge in [0.1, 0.15) is 4.90 Å². The van der Waals surface area contributed by atoms with Gasteiger partial charge in [-0.1, -0.05) is 0 Å². The molecular formula is C14H19N3O2S2. The van der Waals surface area contributed by atoms with E-state index in [0.29, 0.717) is 4.90 Å². The second kappa shape index (κ2) is 5.90. The van der Waals surface area contributed by atoms with E-state index >= 15 is 0 Å². The number of hydrogen-bond donors (Lipinski definition) is 1. The third-order valence-corrected chi connectivity index (χ3v) is 5.79. The van der Waals surface area contributed by atoms with Gasteiger partial charge in [-0.15, -0.1) is 0 Å². The van der Waals surface area contributed by atoms with Crippen LogP contribution in [-0.4, -0.2) is 42.9 Å². The second-order valence-corrected chi connectivity index (χ2v) is 8.39. The molecule has 0 aromatic carbocycles. The minimum Gasteiger partial charge on any atom is -0.298 e. The molecule has 2 aromatic heterocycles. The van der Waals surface area contributed by atoms with Crippen molar-refractivity contribution < 1.29 is 8.42 Å². The highest BCUT2D eigenvalue weighted by molar-refractivity contribution is 7.90. The summed E-state index contributed by atoms with van der Waals surface area (Å²) in [5.74, 6) is 0.213. The first kappa shape index (κ1) is 14.7. The van der Waals surface area contributed by atoms with Crippen LogP contribution in [0.15, 0.2) is 27.9 Å². The topological polar surface area (TPSA) is 66.1 Å². The van der Waals surface area contributed by atoms with Crippen LogP contribution in [0.5, 0.6) is 0 Å². The van der Waals surface area contributed by atoms with Crippen LogP contribution in [0.4, 0.5) is 0 Å². The molecule has 1 atom stereocenters. The lowest BCUT2D eigenvalue weighted by atomic mass is 9.94. The third kappa shape index (κ3) is 3.36. The van der Waals surface area contributed by atoms with Crippen molar-refractivity contribution in [3.8, 4) is 0 Å². The standard InChI is InChI=1S/C14H19N3O2S2/c1-21(18,19)13-7-15-16-14(13)12-3-2-5-17(9-12)8-11-4-6-20-10-11/h4,6-7,10,12H,2-3,5,8-9H2,1H3,(H,15,16)/t12-/m1/s1. The Balaban J connectivity index is 1.76. The van der Waals surface area contributed by atoms with Crippen LogP contribution in [-0.2, 0) is 16.4 Å². The van der Waals surface area contributed by atoms with E-state index in [4.69, 9.17) is 0 Å². The van der Waals surface area contributed by atoms with Gasteiger partial charge in [0.2, 0.25) is 0 Å². The van der Waals surface area contributed by atoms with E-state index in [0.717, 1.165) is 38.2 Å². The number of H-pyrrole nitrogens is 1. The van der Waals surface area contributed by atoms with Gasteiger partial charge in [-0.3, -0.25) is 10.00 Å². The SMILES string of the molecule is CS(=O)(=O)c1cn[nH]c1[C@@H]1CCCN(Cc2ccsc2)C1. The van der Waals surface area contributed by atoms with Crippen molar-refractivity contribution in [2.45, 2.75) is 30.2 Å². The Labute approximate surface area is 128 Å². The van der Waals surface area contributed by atoms with E-state index in [1.807, 2.05) is 0 Å². The van der Waals surface area contributed by atoms with E-state index < -0.39 is 9.84 Å². The fourth-order valence-corrected chi connectivity index (χ4v) is 4.46. The Kier molecular flexibility index (Phi) is 4.14. The van der Waals surface area contributed by atoms with Gasteiger partial charge in [0.05, 0.1) is 11.9 Å². The normalized spacial score (nSPS) is 20.7. The van der Waals surface area contributed by atoms with Crippen molar-refractivity contribution >= 4 is 21.2 Å². The molecule has 0 saturated carbocycles. The summed E-state index contributed by atoms with van der Waals surface area (Å²) in [6, 6.07) is 2.15. The molecule has 0 radical (unpaired) electrons. The largest absolute Gasteiger partial charge is 0.298 e. The Hall–Kier alpha value is -1.18. The summed E-state index contributed by atoms with van der Waals surface area (Å²) < 4.78 is 23.6. The predicted molar refractivity (Wildman–Crippen MR) is 83.3 cm³/mol. The summed E-state index contributed by atoms with van der Waals surface area (Å²) in [6.45, 7) is 2.87. The lowest BCUT2D eigenvalue weighted by Crippen LogP contribution is -2.34. The minimum absolute atomic E-state index is 0.213. The molecule has 114 valence electrons. The second-order valence-electron chi connectivity index (χ2n) is 5.63. The van der Waals surface area contributed by atoms with E-state index in [1.54, 1.807) is 11.3 Å². The Morgan fingerprint density at radius 3 is 3.10 bits per heavy atom. The van der Waals surface area contributed by atoms with Crippen molar-refractivity contribution in [3.63, 3.8) is 0 Å². The number of nitrogens with one attached hydrogen (secondary N) is 1. The molecule has 1 aliphatic rings. The smallest absolute Gasteiger partial charge is 0.178 e. The van der Waals surface area contributed by atoms with Gasteiger partial charge in [-0.05, 0) is 41.8 Å². The number of aromatic amines is 1. The molecule has 5 nitrogen and oxygen atoms in total. The highest BCUT2D eigenvalue weighted by Crippen LogP contribution is 2.30. The van der Waals surface area contributed by atoms with E-state index in [9.17, 15) is 8.42 Å². The van der Waals surface area contributed by atoms with Crippen molar-refractivity contribution in [2.75, 3.05) is 19.3 Å². The molecule has 0 aliphatic carbocycles. The fourth-order valence-electron chi connectivity index (χ4n) is 2.95. The molecule has 1 aliphatic heterocycles. The molecule has 0 amide bonds. The first-order valence-corrected chi connectivity index (χ1v) is 9.84. The van der Waals surface area contributed by atoms with Gasteiger partial charge >= 0.3 is 0 Å². The number of sulfone groups is 1. The summed E-state index contributed by atoms with van der Waals surface area (Å²) >= 11 is 1.71. The van der Waals surface area contributed by atoms with E-state index in [-0.39, 0.29) is 5.92 Å². The summed E-state index contributed by atoms with van der Waals surface area (Å²) in [4.78, 5) is 2.74. The van der Waals surface area contributed by atoms with Crippen molar-refractivity contribution in [2.24, 2.45) is 0 Å². The number of aromatic nitrogens is 2. The Morgan fingerprint density at radius 1 is 1.52 bits per heavy atom. The van der Waals surface area contributed by atoms with E-state index in [1.165, 1.54) is 18.0 Å². The first-order valence-electron chi connectivity index (χ1n) is 7.01. The highest BCUT2D eigenvalue weighted by Gasteiger charge is 2.27. The molecule has 1 saturated heterocycles. The van der Waals surface area contributed by atoms with Gasteiger partial charge in [0, 0.05) is 25.3 Å². The maximum atomic E-state index is 11.8. The maximum Gasteiger partial charge on any atom is 0.178 e. The fraction of sp³-hybridized carbons (Fsp3) is 0.500. The van der Waals surface area contributed by atoms with Gasteiger partial charge in [0.25, 0.3) is 0 Å². The van der Waals surface area contributed by atoms with E-state index in [2.05, 4.69) is 31.9 Å². The summed E-state index contributed by atoms with van der Waals surface area (Å²) in [7, 11) is -3.22. The number of thiophene rings is 1. The molecule has 2 aromatic rings. The van der Waals surface area contributed by atoms with Crippen LogP contribution in [0.25, 0.3) is 0 Å². The third-order valence-electron chi connectivity index (χ3n) is 3.93. The molecule has 7 heteroatoms.